The zero-order chi connectivity index (χ0) is 35.6. The average Bonchev–Trinajstić information content (AvgIpc) is 2.88. The Morgan fingerprint density at radius 1 is 0.674 bits per heavy atom. The Bertz CT molecular complexity index is 1120. The van der Waals surface area contributed by atoms with Gasteiger partial charge in [0.25, 0.3) is 0 Å². The molecule has 0 N–H and O–H groups in total. The first-order chi connectivity index (χ1) is 21.0. The van der Waals surface area contributed by atoms with Gasteiger partial charge in [0.15, 0.2) is 24.5 Å². The summed E-state index contributed by atoms with van der Waals surface area (Å²) in [5.41, 5.74) is -2.03. The highest BCUT2D eigenvalue weighted by Crippen LogP contribution is 2.52. The number of phosphoric acid groups is 1. The molecule has 1 rings (SSSR count). The average molecular weight is 689 g/mol. The number of hydrogen-bond acceptors (Lipinski definition) is 17. The fourth-order valence-electron chi connectivity index (χ4n) is 3.42. The predicted octanol–water partition coefficient (Wildman–Crippen LogP) is 2.66. The van der Waals surface area contributed by atoms with E-state index in [1.165, 1.54) is 41.5 Å². The van der Waals surface area contributed by atoms with Crippen molar-refractivity contribution in [2.24, 2.45) is 10.8 Å². The molecule has 0 aromatic rings. The number of hydrogen-bond donors (Lipinski definition) is 0. The molecule has 0 aromatic carbocycles. The van der Waals surface area contributed by atoms with E-state index < -0.39 is 112 Å². The summed E-state index contributed by atoms with van der Waals surface area (Å²) < 4.78 is 80.8. The predicted molar refractivity (Wildman–Crippen MR) is 149 cm³/mol. The number of ether oxygens (including phenoxy) is 7. The zero-order valence-electron chi connectivity index (χ0n) is 27.4. The monoisotopic (exact) mass is 688 g/mol. The van der Waals surface area contributed by atoms with Crippen LogP contribution < -0.4 is 0 Å². The van der Waals surface area contributed by atoms with Crippen molar-refractivity contribution >= 4 is 43.6 Å². The third-order valence-corrected chi connectivity index (χ3v) is 6.81. The molecule has 5 unspecified atom stereocenters. The molecular weight excluding hydrogens is 646 g/mol. The molecule has 0 saturated carbocycles. The normalized spacial score (nSPS) is 22.5. The minimum atomic E-state index is -5.11. The Labute approximate surface area is 265 Å². The van der Waals surface area contributed by atoms with Crippen LogP contribution in [0.15, 0.2) is 0 Å². The van der Waals surface area contributed by atoms with Crippen LogP contribution in [-0.2, 0) is 80.1 Å². The Hall–Kier alpha value is -3.18. The maximum absolute atomic E-state index is 15.5. The fourth-order valence-corrected chi connectivity index (χ4v) is 4.40. The first-order valence-corrected chi connectivity index (χ1v) is 15.3. The SMILES string of the molecule is CC(=O)OC[C@H](F)C1OC(OP(=O)(OCOC(=O)C(C)(C)C)OCOC(=O)C(C)(C)C)C(OC(C)=O)C(OC(C)=O)C1OC(C)=O. The lowest BCUT2D eigenvalue weighted by atomic mass is 9.95. The quantitative estimate of drug-likeness (QED) is 0.111. The second-order valence-corrected chi connectivity index (χ2v) is 13.5. The summed E-state index contributed by atoms with van der Waals surface area (Å²) in [5.74, 6) is -5.54. The van der Waals surface area contributed by atoms with Gasteiger partial charge >= 0.3 is 43.6 Å². The molecule has 19 heteroatoms. The Morgan fingerprint density at radius 2 is 1.09 bits per heavy atom. The number of rotatable bonds is 14. The highest BCUT2D eigenvalue weighted by molar-refractivity contribution is 7.48. The highest BCUT2D eigenvalue weighted by atomic mass is 31.2. The molecule has 0 aliphatic carbocycles. The van der Waals surface area contributed by atoms with Gasteiger partial charge in [0.1, 0.15) is 12.7 Å². The summed E-state index contributed by atoms with van der Waals surface area (Å²) in [6.07, 6.45) is -12.1. The summed E-state index contributed by atoms with van der Waals surface area (Å²) in [7, 11) is -5.11. The molecule has 0 radical (unpaired) electrons. The van der Waals surface area contributed by atoms with Gasteiger partial charge in [-0.3, -0.25) is 33.3 Å². The lowest BCUT2D eigenvalue weighted by Gasteiger charge is -2.45. The first kappa shape index (κ1) is 40.8. The molecule has 1 heterocycles. The highest BCUT2D eigenvalue weighted by Gasteiger charge is 2.57. The van der Waals surface area contributed by atoms with Crippen molar-refractivity contribution in [2.45, 2.75) is 106 Å². The third kappa shape index (κ3) is 13.7. The van der Waals surface area contributed by atoms with E-state index in [1.807, 2.05) is 0 Å². The molecule has 1 aliphatic rings. The van der Waals surface area contributed by atoms with Gasteiger partial charge in [0.05, 0.1) is 10.8 Å². The van der Waals surface area contributed by atoms with Crippen molar-refractivity contribution in [3.05, 3.63) is 0 Å². The van der Waals surface area contributed by atoms with Crippen molar-refractivity contribution < 1.29 is 84.5 Å². The van der Waals surface area contributed by atoms with Gasteiger partial charge in [-0.2, -0.15) is 0 Å². The van der Waals surface area contributed by atoms with E-state index in [0.717, 1.165) is 27.7 Å². The van der Waals surface area contributed by atoms with E-state index >= 15 is 4.39 Å². The van der Waals surface area contributed by atoms with Crippen LogP contribution in [-0.4, -0.2) is 92.9 Å². The van der Waals surface area contributed by atoms with E-state index in [0.29, 0.717) is 0 Å². The molecule has 0 spiro atoms. The topological polar surface area (TPSA) is 212 Å². The molecular formula is C27H42FO17P. The number of phosphoric ester groups is 1. The van der Waals surface area contributed by atoms with E-state index in [4.69, 9.17) is 46.7 Å². The van der Waals surface area contributed by atoms with Gasteiger partial charge in [0.2, 0.25) is 19.9 Å². The molecule has 0 amide bonds. The second-order valence-electron chi connectivity index (χ2n) is 11.9. The van der Waals surface area contributed by atoms with E-state index in [-0.39, 0.29) is 0 Å². The number of carbonyl (C=O) groups excluding carboxylic acids is 6. The van der Waals surface area contributed by atoms with Gasteiger partial charge in [-0.25, -0.2) is 18.0 Å². The summed E-state index contributed by atoms with van der Waals surface area (Å²) >= 11 is 0. The van der Waals surface area contributed by atoms with Crippen molar-refractivity contribution in [2.75, 3.05) is 20.2 Å². The van der Waals surface area contributed by atoms with Gasteiger partial charge in [-0.1, -0.05) is 0 Å². The van der Waals surface area contributed by atoms with E-state index in [9.17, 15) is 33.3 Å². The summed E-state index contributed by atoms with van der Waals surface area (Å²) in [6, 6.07) is 0. The molecule has 264 valence electrons. The summed E-state index contributed by atoms with van der Waals surface area (Å²) in [5, 5.41) is 0. The molecule has 1 saturated heterocycles. The van der Waals surface area contributed by atoms with Crippen LogP contribution in [0.4, 0.5) is 4.39 Å². The maximum atomic E-state index is 15.5. The van der Waals surface area contributed by atoms with Crippen molar-refractivity contribution in [1.82, 2.24) is 0 Å². The van der Waals surface area contributed by atoms with Gasteiger partial charge < -0.3 is 33.2 Å². The van der Waals surface area contributed by atoms with Crippen LogP contribution in [0.5, 0.6) is 0 Å². The molecule has 0 aromatic heterocycles. The zero-order valence-corrected chi connectivity index (χ0v) is 28.2. The fraction of sp³-hybridized carbons (Fsp3) is 0.778. The van der Waals surface area contributed by atoms with Gasteiger partial charge in [-0.05, 0) is 41.5 Å². The molecule has 17 nitrogen and oxygen atoms in total. The summed E-state index contributed by atoms with van der Waals surface area (Å²) in [6.45, 7) is 9.87. The largest absolute Gasteiger partial charge is 0.483 e. The van der Waals surface area contributed by atoms with Crippen LogP contribution in [0, 0.1) is 10.8 Å². The molecule has 0 bridgehead atoms. The van der Waals surface area contributed by atoms with E-state index in [2.05, 4.69) is 0 Å². The second kappa shape index (κ2) is 17.1. The standard InChI is InChI=1S/C27H42FO17P/c1-14(29)36-11-18(28)19-20(41-15(2)30)21(42-16(3)31)22(43-17(4)32)23(44-19)45-46(35,39-12-37-24(33)26(5,6)7)40-13-38-25(34)27(8,9)10/h18-23H,11-13H2,1-10H3/t18-,19?,20?,21?,22?,23?/m0/s1. The van der Waals surface area contributed by atoms with Gasteiger partial charge in [0, 0.05) is 27.7 Å². The Kier molecular flexibility index (Phi) is 15.2. The van der Waals surface area contributed by atoms with Gasteiger partial charge in [-0.15, -0.1) is 0 Å². The number of carbonyl (C=O) groups is 6. The molecule has 6 atom stereocenters. The Balaban J connectivity index is 3.59. The molecule has 1 aliphatic heterocycles. The molecule has 1 fully saturated rings. The lowest BCUT2D eigenvalue weighted by molar-refractivity contribution is -0.297. The number of halogens is 1. The van der Waals surface area contributed by atoms with Crippen molar-refractivity contribution in [3.8, 4) is 0 Å². The van der Waals surface area contributed by atoms with Crippen LogP contribution in [0.2, 0.25) is 0 Å². The maximum Gasteiger partial charge on any atom is 0.483 e. The van der Waals surface area contributed by atoms with Crippen molar-refractivity contribution in [1.29, 1.82) is 0 Å². The lowest BCUT2D eigenvalue weighted by Crippen LogP contribution is -2.64. The minimum absolute atomic E-state index is 0.796. The number of alkyl halides is 1. The smallest absolute Gasteiger partial charge is 0.463 e. The minimum Gasteiger partial charge on any atom is -0.463 e. The third-order valence-electron chi connectivity index (χ3n) is 5.50. The number of esters is 6. The first-order valence-electron chi connectivity index (χ1n) is 13.8. The van der Waals surface area contributed by atoms with Crippen LogP contribution in [0.3, 0.4) is 0 Å². The van der Waals surface area contributed by atoms with Crippen LogP contribution in [0.1, 0.15) is 69.2 Å². The summed E-state index contributed by atoms with van der Waals surface area (Å²) in [4.78, 5) is 72.0. The van der Waals surface area contributed by atoms with Crippen LogP contribution in [0.25, 0.3) is 0 Å². The van der Waals surface area contributed by atoms with E-state index in [1.54, 1.807) is 0 Å². The molecule has 46 heavy (non-hydrogen) atoms. The Morgan fingerprint density at radius 3 is 1.48 bits per heavy atom. The van der Waals surface area contributed by atoms with Crippen LogP contribution >= 0.6 is 7.82 Å². The van der Waals surface area contributed by atoms with Crippen molar-refractivity contribution in [3.63, 3.8) is 0 Å².